The van der Waals surface area contributed by atoms with E-state index in [1.54, 1.807) is 4.90 Å². The zero-order chi connectivity index (χ0) is 16.9. The van der Waals surface area contributed by atoms with E-state index >= 15 is 0 Å². The first-order valence-electron chi connectivity index (χ1n) is 8.48. The van der Waals surface area contributed by atoms with Crippen molar-refractivity contribution in [2.24, 2.45) is 5.92 Å². The summed E-state index contributed by atoms with van der Waals surface area (Å²) < 4.78 is 24.1. The van der Waals surface area contributed by atoms with E-state index in [0.717, 1.165) is 24.9 Å². The number of benzene rings is 1. The lowest BCUT2D eigenvalue weighted by Gasteiger charge is -2.29. The van der Waals surface area contributed by atoms with Crippen molar-refractivity contribution < 1.29 is 13.2 Å². The summed E-state index contributed by atoms with van der Waals surface area (Å²) in [6.45, 7) is 4.86. The van der Waals surface area contributed by atoms with Crippen LogP contribution in [0.1, 0.15) is 45.1 Å². The van der Waals surface area contributed by atoms with Crippen molar-refractivity contribution in [2.75, 3.05) is 23.0 Å². The van der Waals surface area contributed by atoms with Gasteiger partial charge in [0.15, 0.2) is 9.84 Å². The maximum Gasteiger partial charge on any atom is 0.228 e. The van der Waals surface area contributed by atoms with Crippen molar-refractivity contribution in [1.29, 1.82) is 0 Å². The zero-order valence-corrected chi connectivity index (χ0v) is 14.9. The average molecular weight is 337 g/mol. The molecule has 0 aliphatic carbocycles. The van der Waals surface area contributed by atoms with Crippen LogP contribution in [0.2, 0.25) is 0 Å². The monoisotopic (exact) mass is 337 g/mol. The van der Waals surface area contributed by atoms with Crippen LogP contribution in [-0.4, -0.2) is 32.4 Å². The average Bonchev–Trinajstić information content (AvgIpc) is 2.51. The molecule has 0 bridgehead atoms. The second-order valence-corrected chi connectivity index (χ2v) is 9.02. The highest BCUT2D eigenvalue weighted by atomic mass is 32.2. The molecular weight excluding hydrogens is 310 g/mol. The van der Waals surface area contributed by atoms with Crippen LogP contribution in [0.3, 0.4) is 0 Å². The Hall–Kier alpha value is -1.36. The molecule has 2 rings (SSSR count). The van der Waals surface area contributed by atoms with Gasteiger partial charge in [-0.25, -0.2) is 8.42 Å². The van der Waals surface area contributed by atoms with Gasteiger partial charge in [0.05, 0.1) is 11.5 Å². The van der Waals surface area contributed by atoms with Crippen LogP contribution in [0.25, 0.3) is 0 Å². The minimum Gasteiger partial charge on any atom is -0.312 e. The van der Waals surface area contributed by atoms with E-state index in [0.29, 0.717) is 18.9 Å². The summed E-state index contributed by atoms with van der Waals surface area (Å²) in [4.78, 5) is 14.2. The summed E-state index contributed by atoms with van der Waals surface area (Å²) >= 11 is 0. The normalized spacial score (nSPS) is 14.8. The van der Waals surface area contributed by atoms with Gasteiger partial charge in [-0.05, 0) is 36.8 Å². The molecule has 0 atom stereocenters. The highest BCUT2D eigenvalue weighted by Gasteiger charge is 2.23. The topological polar surface area (TPSA) is 54.5 Å². The van der Waals surface area contributed by atoms with Gasteiger partial charge in [0, 0.05) is 18.7 Å². The fourth-order valence-corrected chi connectivity index (χ4v) is 4.28. The van der Waals surface area contributed by atoms with Crippen LogP contribution in [0.5, 0.6) is 0 Å². The fraction of sp³-hybridized carbons (Fsp3) is 0.611. The molecular formula is C18H27NO3S. The van der Waals surface area contributed by atoms with E-state index in [1.807, 2.05) is 24.3 Å². The molecule has 1 aromatic carbocycles. The van der Waals surface area contributed by atoms with Gasteiger partial charge in [0.25, 0.3) is 0 Å². The van der Waals surface area contributed by atoms with Crippen molar-refractivity contribution >= 4 is 21.4 Å². The Morgan fingerprint density at radius 3 is 2.70 bits per heavy atom. The van der Waals surface area contributed by atoms with E-state index in [4.69, 9.17) is 0 Å². The molecule has 0 saturated heterocycles. The Morgan fingerprint density at radius 1 is 1.22 bits per heavy atom. The van der Waals surface area contributed by atoms with Gasteiger partial charge < -0.3 is 4.90 Å². The summed E-state index contributed by atoms with van der Waals surface area (Å²) in [6, 6.07) is 7.89. The Balaban J connectivity index is 1.90. The molecule has 1 heterocycles. The van der Waals surface area contributed by atoms with Crippen LogP contribution >= 0.6 is 0 Å². The van der Waals surface area contributed by atoms with Crippen LogP contribution in [0.15, 0.2) is 24.3 Å². The first-order valence-corrected chi connectivity index (χ1v) is 10.3. The molecule has 23 heavy (non-hydrogen) atoms. The SMILES string of the molecule is CC(C)CCCS(=O)(=O)CCC(=O)N1CCCc2ccccc21. The maximum atomic E-state index is 12.5. The third-order valence-corrected chi connectivity index (χ3v) is 6.01. The minimum atomic E-state index is -3.14. The van der Waals surface area contributed by atoms with Crippen LogP contribution in [0.4, 0.5) is 5.69 Å². The number of sulfone groups is 1. The summed E-state index contributed by atoms with van der Waals surface area (Å²) in [5.74, 6) is 0.582. The lowest BCUT2D eigenvalue weighted by atomic mass is 10.0. The van der Waals surface area contributed by atoms with Crippen molar-refractivity contribution in [3.05, 3.63) is 29.8 Å². The summed E-state index contributed by atoms with van der Waals surface area (Å²) in [7, 11) is -3.14. The van der Waals surface area contributed by atoms with E-state index in [2.05, 4.69) is 13.8 Å². The summed E-state index contributed by atoms with van der Waals surface area (Å²) in [5, 5.41) is 0. The third-order valence-electron chi connectivity index (χ3n) is 4.28. The molecule has 1 aliphatic rings. The summed E-state index contributed by atoms with van der Waals surface area (Å²) in [5.41, 5.74) is 2.12. The fourth-order valence-electron chi connectivity index (χ4n) is 2.98. The van der Waals surface area contributed by atoms with Crippen LogP contribution in [0, 0.1) is 5.92 Å². The number of para-hydroxylation sites is 1. The number of carbonyl (C=O) groups is 1. The Labute approximate surface area is 139 Å². The molecule has 0 aromatic heterocycles. The predicted octanol–water partition coefficient (Wildman–Crippen LogP) is 3.21. The second-order valence-electron chi connectivity index (χ2n) is 6.72. The maximum absolute atomic E-state index is 12.5. The van der Waals surface area contributed by atoms with E-state index < -0.39 is 9.84 Å². The second kappa shape index (κ2) is 7.95. The molecule has 1 aliphatic heterocycles. The van der Waals surface area contributed by atoms with Crippen molar-refractivity contribution in [3.63, 3.8) is 0 Å². The van der Waals surface area contributed by atoms with Gasteiger partial charge in [-0.1, -0.05) is 38.5 Å². The summed E-state index contributed by atoms with van der Waals surface area (Å²) in [6.07, 6.45) is 3.59. The van der Waals surface area contributed by atoms with Crippen molar-refractivity contribution in [1.82, 2.24) is 0 Å². The molecule has 0 fully saturated rings. The number of anilines is 1. The Bertz CT molecular complexity index is 637. The zero-order valence-electron chi connectivity index (χ0n) is 14.1. The molecule has 0 unspecified atom stereocenters. The number of nitrogens with zero attached hydrogens (tertiary/aromatic N) is 1. The standard InChI is InChI=1S/C18H27NO3S/c1-15(2)7-6-13-23(21,22)14-11-18(20)19-12-5-9-16-8-3-4-10-17(16)19/h3-4,8,10,15H,5-7,9,11-14H2,1-2H3. The molecule has 0 N–H and O–H groups in total. The molecule has 1 aromatic rings. The van der Waals surface area contributed by atoms with Gasteiger partial charge in [-0.15, -0.1) is 0 Å². The highest BCUT2D eigenvalue weighted by molar-refractivity contribution is 7.91. The smallest absolute Gasteiger partial charge is 0.228 e. The number of carbonyl (C=O) groups excluding carboxylic acids is 1. The van der Waals surface area contributed by atoms with Crippen molar-refractivity contribution in [2.45, 2.75) is 46.0 Å². The minimum absolute atomic E-state index is 0.0391. The van der Waals surface area contributed by atoms with Gasteiger partial charge in [0.2, 0.25) is 5.91 Å². The number of amides is 1. The quantitative estimate of drug-likeness (QED) is 0.768. The van der Waals surface area contributed by atoms with Crippen LogP contribution < -0.4 is 4.90 Å². The Morgan fingerprint density at radius 2 is 1.96 bits per heavy atom. The van der Waals surface area contributed by atoms with E-state index in [9.17, 15) is 13.2 Å². The number of aryl methyl sites for hydroxylation is 1. The predicted molar refractivity (Wildman–Crippen MR) is 94.5 cm³/mol. The van der Waals surface area contributed by atoms with E-state index in [-0.39, 0.29) is 23.8 Å². The molecule has 4 nitrogen and oxygen atoms in total. The number of rotatable bonds is 7. The molecule has 128 valence electrons. The molecule has 0 saturated carbocycles. The van der Waals surface area contributed by atoms with Gasteiger partial charge in [-0.2, -0.15) is 0 Å². The number of hydrogen-bond donors (Lipinski definition) is 0. The van der Waals surface area contributed by atoms with Crippen LogP contribution in [-0.2, 0) is 21.1 Å². The van der Waals surface area contributed by atoms with Gasteiger partial charge >= 0.3 is 0 Å². The van der Waals surface area contributed by atoms with Gasteiger partial charge in [-0.3, -0.25) is 4.79 Å². The molecule has 5 heteroatoms. The molecule has 0 radical (unpaired) electrons. The number of hydrogen-bond acceptors (Lipinski definition) is 3. The third kappa shape index (κ3) is 5.34. The Kier molecular flexibility index (Phi) is 6.22. The first-order chi connectivity index (χ1) is 10.9. The first kappa shape index (κ1) is 18.0. The van der Waals surface area contributed by atoms with Gasteiger partial charge in [0.1, 0.15) is 0 Å². The largest absolute Gasteiger partial charge is 0.312 e. The van der Waals surface area contributed by atoms with Crippen molar-refractivity contribution in [3.8, 4) is 0 Å². The lowest BCUT2D eigenvalue weighted by molar-refractivity contribution is -0.118. The molecule has 0 spiro atoms. The highest BCUT2D eigenvalue weighted by Crippen LogP contribution is 2.27. The molecule has 1 amide bonds. The van der Waals surface area contributed by atoms with E-state index in [1.165, 1.54) is 5.56 Å². The number of fused-ring (bicyclic) bond motifs is 1. The lowest BCUT2D eigenvalue weighted by Crippen LogP contribution is -2.36.